The Balaban J connectivity index is 1.56. The van der Waals surface area contributed by atoms with Gasteiger partial charge in [-0.2, -0.15) is 0 Å². The fraction of sp³-hybridized carbons (Fsp3) is 0.342. The Labute approximate surface area is 312 Å². The van der Waals surface area contributed by atoms with Gasteiger partial charge >= 0.3 is 18.0 Å². The minimum Gasteiger partial charge on any atom is -0.480 e. The van der Waals surface area contributed by atoms with Gasteiger partial charge in [0.15, 0.2) is 5.96 Å². The van der Waals surface area contributed by atoms with Crippen molar-refractivity contribution in [2.45, 2.75) is 62.9 Å². The summed E-state index contributed by atoms with van der Waals surface area (Å²) >= 11 is 0. The van der Waals surface area contributed by atoms with Crippen molar-refractivity contribution < 1.29 is 43.3 Å². The van der Waals surface area contributed by atoms with Gasteiger partial charge in [0.1, 0.15) is 25.3 Å². The topological polar surface area (TPSA) is 248 Å². The summed E-state index contributed by atoms with van der Waals surface area (Å²) in [7, 11) is 0. The molecule has 1 fully saturated rings. The zero-order valence-corrected chi connectivity index (χ0v) is 29.6. The van der Waals surface area contributed by atoms with E-state index < -0.39 is 65.9 Å². The predicted octanol–water partition coefficient (Wildman–Crippen LogP) is 1.66. The fourth-order valence-corrected chi connectivity index (χ4v) is 6.09. The van der Waals surface area contributed by atoms with Crippen molar-refractivity contribution in [1.82, 2.24) is 20.4 Å². The molecule has 286 valence electrons. The first-order valence-electron chi connectivity index (χ1n) is 17.4. The molecule has 0 unspecified atom stereocenters. The summed E-state index contributed by atoms with van der Waals surface area (Å²) in [6.07, 6.45) is -1.25. The molecule has 0 aliphatic carbocycles. The Morgan fingerprint density at radius 2 is 1.39 bits per heavy atom. The number of hydrogen-bond donors (Lipinski definition) is 6. The molecule has 0 radical (unpaired) electrons. The SMILES string of the molecule is N=C(N)N(CCC[C@H](NC(=O)[C@]1(C(=O)OCc2ccccc2)CCCN1C(=O)[C@@H](Cc1ccccc1)NC(=O)CN)C(=O)O)C(=O)OCc1ccccc1. The van der Waals surface area contributed by atoms with Crippen molar-refractivity contribution >= 4 is 41.7 Å². The zero-order valence-electron chi connectivity index (χ0n) is 29.6. The van der Waals surface area contributed by atoms with Crippen LogP contribution in [0.5, 0.6) is 0 Å². The standard InChI is InChI=1S/C38H45N7O9/c39-23-31(46)42-30(22-26-12-4-1-5-13-26)32(47)45-21-11-19-38(45,35(51)53-24-27-14-6-2-7-15-27)34(50)43-29(33(48)49)18-10-20-44(36(40)41)37(52)54-25-28-16-8-3-9-17-28/h1-9,12-17,29-30H,10-11,18-25,39H2,(H3,40,41)(H,42,46)(H,43,50)(H,48,49)/t29-,30+,38-/m0/s1. The molecule has 16 heteroatoms. The molecule has 1 aliphatic rings. The molecule has 8 N–H and O–H groups in total. The summed E-state index contributed by atoms with van der Waals surface area (Å²) in [4.78, 5) is 82.3. The second-order valence-corrected chi connectivity index (χ2v) is 12.6. The molecular formula is C38H45N7O9. The number of ether oxygens (including phenoxy) is 2. The monoisotopic (exact) mass is 743 g/mol. The minimum atomic E-state index is -2.30. The number of aliphatic carboxylic acids is 1. The van der Waals surface area contributed by atoms with Crippen LogP contribution < -0.4 is 22.1 Å². The van der Waals surface area contributed by atoms with E-state index in [1.807, 2.05) is 0 Å². The maximum atomic E-state index is 14.3. The van der Waals surface area contributed by atoms with Crippen LogP contribution in [0.2, 0.25) is 0 Å². The predicted molar refractivity (Wildman–Crippen MR) is 195 cm³/mol. The van der Waals surface area contributed by atoms with Gasteiger partial charge in [0.25, 0.3) is 5.91 Å². The Morgan fingerprint density at radius 1 is 0.833 bits per heavy atom. The number of nitrogens with one attached hydrogen (secondary N) is 3. The number of hydrogen-bond acceptors (Lipinski definition) is 10. The van der Waals surface area contributed by atoms with Gasteiger partial charge in [0, 0.05) is 19.5 Å². The average Bonchev–Trinajstić information content (AvgIpc) is 3.64. The van der Waals surface area contributed by atoms with Crippen LogP contribution >= 0.6 is 0 Å². The summed E-state index contributed by atoms with van der Waals surface area (Å²) in [6.45, 7) is -1.05. The number of nitrogens with zero attached hydrogens (tertiary/aromatic N) is 2. The van der Waals surface area contributed by atoms with Gasteiger partial charge in [-0.05, 0) is 42.4 Å². The van der Waals surface area contributed by atoms with Gasteiger partial charge in [0.05, 0.1) is 6.54 Å². The lowest BCUT2D eigenvalue weighted by Crippen LogP contribution is -2.67. The third-order valence-corrected chi connectivity index (χ3v) is 8.87. The van der Waals surface area contributed by atoms with E-state index in [1.54, 1.807) is 91.0 Å². The lowest BCUT2D eigenvalue weighted by atomic mass is 9.92. The van der Waals surface area contributed by atoms with E-state index >= 15 is 0 Å². The van der Waals surface area contributed by atoms with Gasteiger partial charge in [-0.25, -0.2) is 19.3 Å². The molecule has 0 saturated carbocycles. The Hall–Kier alpha value is -6.29. The molecule has 3 aromatic carbocycles. The van der Waals surface area contributed by atoms with E-state index in [1.165, 1.54) is 0 Å². The first-order valence-corrected chi connectivity index (χ1v) is 17.4. The second-order valence-electron chi connectivity index (χ2n) is 12.6. The highest BCUT2D eigenvalue weighted by molar-refractivity contribution is 6.11. The number of nitrogens with two attached hydrogens (primary N) is 2. The molecule has 3 aromatic rings. The van der Waals surface area contributed by atoms with Gasteiger partial charge in [0.2, 0.25) is 17.4 Å². The van der Waals surface area contributed by atoms with Crippen LogP contribution in [0.1, 0.15) is 42.4 Å². The summed E-state index contributed by atoms with van der Waals surface area (Å²) in [6, 6.07) is 23.4. The molecule has 1 aliphatic heterocycles. The summed E-state index contributed by atoms with van der Waals surface area (Å²) in [5, 5.41) is 23.0. The molecule has 1 saturated heterocycles. The number of carbonyl (C=O) groups excluding carboxylic acids is 5. The largest absolute Gasteiger partial charge is 0.480 e. The number of guanidine groups is 1. The molecule has 0 bridgehead atoms. The number of carboxylic acids is 1. The van der Waals surface area contributed by atoms with Crippen LogP contribution in [-0.2, 0) is 53.1 Å². The second kappa shape index (κ2) is 19.5. The van der Waals surface area contributed by atoms with Gasteiger partial charge in [-0.1, -0.05) is 91.0 Å². The summed E-state index contributed by atoms with van der Waals surface area (Å²) in [5.74, 6) is -5.65. The van der Waals surface area contributed by atoms with Crippen LogP contribution in [0.3, 0.4) is 0 Å². The zero-order chi connectivity index (χ0) is 39.1. The van der Waals surface area contributed by atoms with Crippen LogP contribution in [-0.4, -0.2) is 93.9 Å². The van der Waals surface area contributed by atoms with Crippen LogP contribution in [0.15, 0.2) is 91.0 Å². The van der Waals surface area contributed by atoms with E-state index in [0.29, 0.717) is 16.7 Å². The van der Waals surface area contributed by atoms with Crippen molar-refractivity contribution in [3.63, 3.8) is 0 Å². The van der Waals surface area contributed by atoms with Crippen molar-refractivity contribution in [1.29, 1.82) is 5.41 Å². The number of carboxylic acid groups (broad SMARTS) is 1. The Bertz CT molecular complexity index is 1780. The molecule has 1 heterocycles. The van der Waals surface area contributed by atoms with Crippen LogP contribution in [0.4, 0.5) is 4.79 Å². The molecule has 0 spiro atoms. The molecule has 54 heavy (non-hydrogen) atoms. The highest BCUT2D eigenvalue weighted by Gasteiger charge is 2.58. The Kier molecular flexibility index (Phi) is 14.6. The number of rotatable bonds is 17. The highest BCUT2D eigenvalue weighted by atomic mass is 16.6. The molecular weight excluding hydrogens is 698 g/mol. The Morgan fingerprint density at radius 3 is 1.93 bits per heavy atom. The average molecular weight is 744 g/mol. The number of benzene rings is 3. The lowest BCUT2D eigenvalue weighted by Gasteiger charge is -2.37. The maximum absolute atomic E-state index is 14.3. The van der Waals surface area contributed by atoms with Gasteiger partial charge < -0.3 is 41.6 Å². The molecule has 4 amide bonds. The number of likely N-dealkylation sites (tertiary alicyclic amines) is 1. The van der Waals surface area contributed by atoms with Gasteiger partial charge in [-0.3, -0.25) is 19.8 Å². The first-order chi connectivity index (χ1) is 26.0. The normalized spacial score (nSPS) is 16.0. The van der Waals surface area contributed by atoms with Crippen LogP contribution in [0, 0.1) is 5.41 Å². The molecule has 0 aromatic heterocycles. The van der Waals surface area contributed by atoms with Crippen molar-refractivity contribution in [2.75, 3.05) is 19.6 Å². The fourth-order valence-electron chi connectivity index (χ4n) is 6.09. The number of amides is 4. The third-order valence-electron chi connectivity index (χ3n) is 8.87. The van der Waals surface area contributed by atoms with E-state index in [0.717, 1.165) is 9.80 Å². The highest BCUT2D eigenvalue weighted by Crippen LogP contribution is 2.33. The maximum Gasteiger partial charge on any atom is 0.416 e. The van der Waals surface area contributed by atoms with Crippen LogP contribution in [0.25, 0.3) is 0 Å². The van der Waals surface area contributed by atoms with E-state index in [9.17, 15) is 33.9 Å². The van der Waals surface area contributed by atoms with Gasteiger partial charge in [-0.15, -0.1) is 0 Å². The number of carbonyl (C=O) groups is 6. The van der Waals surface area contributed by atoms with Crippen molar-refractivity contribution in [3.8, 4) is 0 Å². The quantitative estimate of drug-likeness (QED) is 0.0502. The van der Waals surface area contributed by atoms with E-state index in [4.69, 9.17) is 26.4 Å². The smallest absolute Gasteiger partial charge is 0.416 e. The molecule has 16 nitrogen and oxygen atoms in total. The molecule has 3 atom stereocenters. The third kappa shape index (κ3) is 10.6. The van der Waals surface area contributed by atoms with Crippen molar-refractivity contribution in [2.24, 2.45) is 11.5 Å². The lowest BCUT2D eigenvalue weighted by molar-refractivity contribution is -0.169. The molecule has 4 rings (SSSR count). The van der Waals surface area contributed by atoms with E-state index in [2.05, 4.69) is 10.6 Å². The summed E-state index contributed by atoms with van der Waals surface area (Å²) in [5.41, 5.74) is 10.9. The first kappa shape index (κ1) is 40.5. The van der Waals surface area contributed by atoms with Crippen molar-refractivity contribution in [3.05, 3.63) is 108 Å². The minimum absolute atomic E-state index is 0.0108. The van der Waals surface area contributed by atoms with E-state index in [-0.39, 0.29) is 58.4 Å². The number of esters is 1. The summed E-state index contributed by atoms with van der Waals surface area (Å²) < 4.78 is 10.9.